The number of ether oxygens (including phenoxy) is 1. The van der Waals surface area contributed by atoms with Gasteiger partial charge in [0.25, 0.3) is 0 Å². The van der Waals surface area contributed by atoms with Crippen LogP contribution in [-0.4, -0.2) is 16.2 Å². The molecule has 19 heavy (non-hydrogen) atoms. The summed E-state index contributed by atoms with van der Waals surface area (Å²) >= 11 is 0. The summed E-state index contributed by atoms with van der Waals surface area (Å²) in [7, 11) is 0. The Morgan fingerprint density at radius 1 is 1.11 bits per heavy atom. The van der Waals surface area contributed by atoms with Gasteiger partial charge in [0.1, 0.15) is 17.7 Å². The molecule has 1 unspecified atom stereocenters. The SMILES string of the molecule is CC(C)Oc1cncc(C(O)c2ccc(F)cc2)c1. The van der Waals surface area contributed by atoms with Crippen molar-refractivity contribution in [3.05, 3.63) is 59.7 Å². The van der Waals surface area contributed by atoms with Crippen LogP contribution in [0.3, 0.4) is 0 Å². The first-order valence-corrected chi connectivity index (χ1v) is 6.11. The molecule has 0 saturated heterocycles. The molecular weight excluding hydrogens is 245 g/mol. The molecule has 0 aliphatic carbocycles. The second-order valence-corrected chi connectivity index (χ2v) is 4.57. The lowest BCUT2D eigenvalue weighted by Gasteiger charge is -2.14. The van der Waals surface area contributed by atoms with Crippen LogP contribution in [0.25, 0.3) is 0 Å². The highest BCUT2D eigenvalue weighted by Gasteiger charge is 2.12. The smallest absolute Gasteiger partial charge is 0.138 e. The molecule has 1 heterocycles. The van der Waals surface area contributed by atoms with Crippen LogP contribution in [0.15, 0.2) is 42.7 Å². The molecule has 0 radical (unpaired) electrons. The molecule has 100 valence electrons. The van der Waals surface area contributed by atoms with E-state index in [1.165, 1.54) is 12.1 Å². The molecule has 0 amide bonds. The highest BCUT2D eigenvalue weighted by Crippen LogP contribution is 2.24. The van der Waals surface area contributed by atoms with E-state index in [0.29, 0.717) is 16.9 Å². The number of nitrogens with zero attached hydrogens (tertiary/aromatic N) is 1. The minimum Gasteiger partial charge on any atom is -0.489 e. The summed E-state index contributed by atoms with van der Waals surface area (Å²) in [5.41, 5.74) is 1.23. The average Bonchev–Trinajstić information content (AvgIpc) is 2.38. The number of aromatic nitrogens is 1. The fraction of sp³-hybridized carbons (Fsp3) is 0.267. The van der Waals surface area contributed by atoms with Crippen molar-refractivity contribution < 1.29 is 14.2 Å². The average molecular weight is 261 g/mol. The van der Waals surface area contributed by atoms with E-state index >= 15 is 0 Å². The Kier molecular flexibility index (Phi) is 4.12. The first-order valence-electron chi connectivity index (χ1n) is 6.11. The third-order valence-corrected chi connectivity index (χ3v) is 2.61. The highest BCUT2D eigenvalue weighted by molar-refractivity contribution is 5.32. The third-order valence-electron chi connectivity index (χ3n) is 2.61. The second kappa shape index (κ2) is 5.80. The van der Waals surface area contributed by atoms with Crippen LogP contribution < -0.4 is 4.74 Å². The fourth-order valence-electron chi connectivity index (χ4n) is 1.76. The van der Waals surface area contributed by atoms with Gasteiger partial charge in [-0.1, -0.05) is 12.1 Å². The molecular formula is C15H16FNO2. The van der Waals surface area contributed by atoms with Gasteiger partial charge in [0.05, 0.1) is 12.3 Å². The standard InChI is InChI=1S/C15H16FNO2/c1-10(2)19-14-7-12(8-17-9-14)15(18)11-3-5-13(16)6-4-11/h3-10,15,18H,1-2H3. The van der Waals surface area contributed by atoms with Crippen LogP contribution in [0.4, 0.5) is 4.39 Å². The molecule has 0 aliphatic rings. The van der Waals surface area contributed by atoms with Crippen molar-refractivity contribution in [2.45, 2.75) is 26.1 Å². The Bertz CT molecular complexity index is 540. The largest absolute Gasteiger partial charge is 0.489 e. The van der Waals surface area contributed by atoms with Crippen LogP contribution in [0, 0.1) is 5.82 Å². The van der Waals surface area contributed by atoms with Crippen LogP contribution in [0.2, 0.25) is 0 Å². The maximum atomic E-state index is 12.8. The maximum absolute atomic E-state index is 12.8. The van der Waals surface area contributed by atoms with Gasteiger partial charge >= 0.3 is 0 Å². The van der Waals surface area contributed by atoms with Crippen molar-refractivity contribution in [1.82, 2.24) is 4.98 Å². The second-order valence-electron chi connectivity index (χ2n) is 4.57. The minimum absolute atomic E-state index is 0.0417. The van der Waals surface area contributed by atoms with Crippen LogP contribution >= 0.6 is 0 Å². The number of aliphatic hydroxyl groups is 1. The molecule has 0 spiro atoms. The normalized spacial score (nSPS) is 12.5. The number of hydrogen-bond acceptors (Lipinski definition) is 3. The summed E-state index contributed by atoms with van der Waals surface area (Å²) in [6, 6.07) is 7.48. The van der Waals surface area contributed by atoms with E-state index in [1.807, 2.05) is 13.8 Å². The Balaban J connectivity index is 2.23. The summed E-state index contributed by atoms with van der Waals surface area (Å²) in [6.45, 7) is 3.84. The van der Waals surface area contributed by atoms with Crippen molar-refractivity contribution in [2.75, 3.05) is 0 Å². The maximum Gasteiger partial charge on any atom is 0.138 e. The molecule has 1 aromatic carbocycles. The Morgan fingerprint density at radius 2 is 1.79 bits per heavy atom. The van der Waals surface area contributed by atoms with Crippen LogP contribution in [0.1, 0.15) is 31.1 Å². The first-order chi connectivity index (χ1) is 9.06. The summed E-state index contributed by atoms with van der Waals surface area (Å²) in [6.07, 6.45) is 2.37. The molecule has 2 rings (SSSR count). The first kappa shape index (κ1) is 13.5. The van der Waals surface area contributed by atoms with E-state index in [0.717, 1.165) is 0 Å². The monoisotopic (exact) mass is 261 g/mol. The quantitative estimate of drug-likeness (QED) is 0.919. The lowest BCUT2D eigenvalue weighted by atomic mass is 10.0. The molecule has 1 N–H and O–H groups in total. The zero-order valence-electron chi connectivity index (χ0n) is 10.9. The van der Waals surface area contributed by atoms with E-state index in [1.54, 1.807) is 30.6 Å². The van der Waals surface area contributed by atoms with E-state index in [-0.39, 0.29) is 11.9 Å². The molecule has 4 heteroatoms. The Labute approximate surface area is 111 Å². The van der Waals surface area contributed by atoms with Gasteiger partial charge in [0, 0.05) is 11.8 Å². The van der Waals surface area contributed by atoms with Gasteiger partial charge in [-0.15, -0.1) is 0 Å². The summed E-state index contributed by atoms with van der Waals surface area (Å²) in [5, 5.41) is 10.2. The molecule has 0 bridgehead atoms. The van der Waals surface area contributed by atoms with Gasteiger partial charge in [0.15, 0.2) is 0 Å². The summed E-state index contributed by atoms with van der Waals surface area (Å²) in [4.78, 5) is 4.04. The van der Waals surface area contributed by atoms with Crippen molar-refractivity contribution in [1.29, 1.82) is 0 Å². The molecule has 1 atom stereocenters. The minimum atomic E-state index is -0.844. The summed E-state index contributed by atoms with van der Waals surface area (Å²) < 4.78 is 18.4. The topological polar surface area (TPSA) is 42.4 Å². The number of rotatable bonds is 4. The zero-order valence-corrected chi connectivity index (χ0v) is 10.9. The molecule has 1 aromatic heterocycles. The molecule has 3 nitrogen and oxygen atoms in total. The number of benzene rings is 1. The zero-order chi connectivity index (χ0) is 13.8. The fourth-order valence-corrected chi connectivity index (χ4v) is 1.76. The number of aliphatic hydroxyl groups excluding tert-OH is 1. The van der Waals surface area contributed by atoms with Crippen molar-refractivity contribution in [3.63, 3.8) is 0 Å². The van der Waals surface area contributed by atoms with Crippen LogP contribution in [0.5, 0.6) is 5.75 Å². The van der Waals surface area contributed by atoms with Crippen molar-refractivity contribution in [3.8, 4) is 5.75 Å². The summed E-state index contributed by atoms with van der Waals surface area (Å²) in [5.74, 6) is 0.277. The number of hydrogen-bond donors (Lipinski definition) is 1. The predicted molar refractivity (Wildman–Crippen MR) is 70.5 cm³/mol. The Morgan fingerprint density at radius 3 is 2.42 bits per heavy atom. The number of pyridine rings is 1. The van der Waals surface area contributed by atoms with E-state index in [4.69, 9.17) is 4.74 Å². The molecule has 0 fully saturated rings. The third kappa shape index (κ3) is 3.51. The molecule has 0 saturated carbocycles. The van der Waals surface area contributed by atoms with Gasteiger partial charge in [0.2, 0.25) is 0 Å². The molecule has 0 aliphatic heterocycles. The van der Waals surface area contributed by atoms with Gasteiger partial charge in [-0.2, -0.15) is 0 Å². The van der Waals surface area contributed by atoms with E-state index in [2.05, 4.69) is 4.98 Å². The van der Waals surface area contributed by atoms with Crippen molar-refractivity contribution >= 4 is 0 Å². The highest BCUT2D eigenvalue weighted by atomic mass is 19.1. The van der Waals surface area contributed by atoms with Crippen LogP contribution in [-0.2, 0) is 0 Å². The van der Waals surface area contributed by atoms with Gasteiger partial charge < -0.3 is 9.84 Å². The van der Waals surface area contributed by atoms with E-state index < -0.39 is 6.10 Å². The van der Waals surface area contributed by atoms with E-state index in [9.17, 15) is 9.50 Å². The van der Waals surface area contributed by atoms with Gasteiger partial charge in [-0.25, -0.2) is 4.39 Å². The lowest BCUT2D eigenvalue weighted by Crippen LogP contribution is -2.07. The lowest BCUT2D eigenvalue weighted by molar-refractivity contribution is 0.215. The van der Waals surface area contributed by atoms with Crippen molar-refractivity contribution in [2.24, 2.45) is 0 Å². The van der Waals surface area contributed by atoms with Gasteiger partial charge in [-0.05, 0) is 37.6 Å². The van der Waals surface area contributed by atoms with Gasteiger partial charge in [-0.3, -0.25) is 4.98 Å². The molecule has 2 aromatic rings. The Hall–Kier alpha value is -1.94. The predicted octanol–water partition coefficient (Wildman–Crippen LogP) is 3.09. The number of halogens is 1.